The third-order valence-corrected chi connectivity index (χ3v) is 5.44. The van der Waals surface area contributed by atoms with Gasteiger partial charge in [0.25, 0.3) is 0 Å². The largest absolute Gasteiger partial charge is 0.530 e. The van der Waals surface area contributed by atoms with Crippen LogP contribution in [0.25, 0.3) is 0 Å². The number of hydrogen-bond acceptors (Lipinski definition) is 5. The Kier molecular flexibility index (Phi) is 7.08. The number of ether oxygens (including phenoxy) is 1. The van der Waals surface area contributed by atoms with E-state index in [0.29, 0.717) is 32.4 Å². The minimum Gasteiger partial charge on any atom is -0.530 e. The first kappa shape index (κ1) is 22.3. The molecule has 0 spiro atoms. The van der Waals surface area contributed by atoms with Crippen molar-refractivity contribution >= 4 is 51.4 Å². The third-order valence-electron chi connectivity index (χ3n) is 2.93. The highest BCUT2D eigenvalue weighted by Gasteiger charge is 2.25. The van der Waals surface area contributed by atoms with Gasteiger partial charge in [-0.2, -0.15) is 9.97 Å². The summed E-state index contributed by atoms with van der Waals surface area (Å²) in [5, 5.41) is 1.25. The van der Waals surface area contributed by atoms with E-state index in [1.807, 2.05) is 39.3 Å². The van der Waals surface area contributed by atoms with Crippen LogP contribution in [0.4, 0.5) is 0 Å². The van der Waals surface area contributed by atoms with Crippen LogP contribution in [-0.4, -0.2) is 26.6 Å². The van der Waals surface area contributed by atoms with E-state index >= 15 is 0 Å². The maximum atomic E-state index is 6.48. The summed E-state index contributed by atoms with van der Waals surface area (Å²) in [7, 11) is -3.84. The molecule has 0 unspecified atom stereocenters. The summed E-state index contributed by atoms with van der Waals surface area (Å²) in [5.41, 5.74) is 0.471. The quantitative estimate of drug-likeness (QED) is 0.440. The Balaban J connectivity index is 2.34. The van der Waals surface area contributed by atoms with Gasteiger partial charge in [-0.1, -0.05) is 34.8 Å². The van der Waals surface area contributed by atoms with E-state index < -0.39 is 16.6 Å². The average molecular weight is 466 g/mol. The maximum Gasteiger partial charge on any atom is 0.306 e. The van der Waals surface area contributed by atoms with Gasteiger partial charge in [-0.3, -0.25) is 0 Å². The van der Waals surface area contributed by atoms with Crippen molar-refractivity contribution in [3.63, 3.8) is 0 Å². The first-order valence-electron chi connectivity index (χ1n) is 8.36. The number of nitrogens with zero attached hydrogens (tertiary/aromatic N) is 2. The lowest BCUT2D eigenvalue weighted by Gasteiger charge is -2.22. The zero-order valence-corrected chi connectivity index (χ0v) is 20.5. The SMILES string of the molecule is C[Si](C)(C)Oc1nc(COc2ccc(Cl)cc2Cl)c(Cl)c(O[Si](C)(C)C)n1. The van der Waals surface area contributed by atoms with E-state index in [4.69, 9.17) is 48.4 Å². The smallest absolute Gasteiger partial charge is 0.306 e. The van der Waals surface area contributed by atoms with Crippen molar-refractivity contribution < 1.29 is 13.6 Å². The van der Waals surface area contributed by atoms with Gasteiger partial charge in [0.1, 0.15) is 23.1 Å². The Morgan fingerprint density at radius 1 is 0.889 bits per heavy atom. The molecule has 1 heterocycles. The summed E-state index contributed by atoms with van der Waals surface area (Å²) in [6.07, 6.45) is 0. The third kappa shape index (κ3) is 7.15. The van der Waals surface area contributed by atoms with Crippen LogP contribution in [0.5, 0.6) is 17.6 Å². The molecule has 148 valence electrons. The van der Waals surface area contributed by atoms with E-state index in [2.05, 4.69) is 9.97 Å². The fourth-order valence-corrected chi connectivity index (χ4v) is 4.03. The predicted molar refractivity (Wildman–Crippen MR) is 116 cm³/mol. The van der Waals surface area contributed by atoms with Crippen molar-refractivity contribution in [2.45, 2.75) is 45.9 Å². The van der Waals surface area contributed by atoms with Crippen molar-refractivity contribution in [2.24, 2.45) is 0 Å². The molecular weight excluding hydrogens is 443 g/mol. The molecule has 1 aromatic carbocycles. The molecule has 10 heteroatoms. The van der Waals surface area contributed by atoms with E-state index in [-0.39, 0.29) is 12.6 Å². The van der Waals surface area contributed by atoms with Crippen molar-refractivity contribution in [1.82, 2.24) is 9.97 Å². The first-order valence-corrected chi connectivity index (χ1v) is 16.3. The van der Waals surface area contributed by atoms with Crippen LogP contribution < -0.4 is 13.6 Å². The molecular formula is C17H23Cl3N2O3Si2. The molecule has 0 fully saturated rings. The zero-order valence-electron chi connectivity index (χ0n) is 16.2. The van der Waals surface area contributed by atoms with E-state index in [9.17, 15) is 0 Å². The van der Waals surface area contributed by atoms with Gasteiger partial charge in [0.2, 0.25) is 22.5 Å². The topological polar surface area (TPSA) is 53.5 Å². The Bertz CT molecular complexity index is 824. The van der Waals surface area contributed by atoms with Gasteiger partial charge >= 0.3 is 6.01 Å². The molecule has 0 aliphatic heterocycles. The van der Waals surface area contributed by atoms with Crippen molar-refractivity contribution in [2.75, 3.05) is 0 Å². The fourth-order valence-electron chi connectivity index (χ4n) is 1.96. The van der Waals surface area contributed by atoms with E-state index in [0.717, 1.165) is 0 Å². The summed E-state index contributed by atoms with van der Waals surface area (Å²) in [5.74, 6) is 0.802. The van der Waals surface area contributed by atoms with Gasteiger partial charge in [0.15, 0.2) is 0 Å². The van der Waals surface area contributed by atoms with Gasteiger partial charge < -0.3 is 13.6 Å². The molecule has 0 radical (unpaired) electrons. The zero-order chi connectivity index (χ0) is 20.4. The number of benzene rings is 1. The van der Waals surface area contributed by atoms with Crippen LogP contribution in [0.15, 0.2) is 18.2 Å². The van der Waals surface area contributed by atoms with Gasteiger partial charge in [-0.15, -0.1) is 0 Å². The number of rotatable bonds is 7. The lowest BCUT2D eigenvalue weighted by Crippen LogP contribution is -2.32. The molecule has 5 nitrogen and oxygen atoms in total. The first-order chi connectivity index (χ1) is 12.3. The Morgan fingerprint density at radius 3 is 2.07 bits per heavy atom. The molecule has 0 aliphatic carbocycles. The van der Waals surface area contributed by atoms with Crippen molar-refractivity contribution in [3.05, 3.63) is 39.0 Å². The summed E-state index contributed by atoms with van der Waals surface area (Å²) < 4.78 is 17.7. The van der Waals surface area contributed by atoms with Gasteiger partial charge in [-0.25, -0.2) is 0 Å². The van der Waals surface area contributed by atoms with Gasteiger partial charge in [0.05, 0.1) is 5.02 Å². The number of aromatic nitrogens is 2. The lowest BCUT2D eigenvalue weighted by molar-refractivity contribution is 0.298. The number of hydrogen-bond donors (Lipinski definition) is 0. The second kappa shape index (κ2) is 8.57. The Morgan fingerprint density at radius 2 is 1.52 bits per heavy atom. The molecule has 0 N–H and O–H groups in total. The van der Waals surface area contributed by atoms with Crippen LogP contribution in [0.2, 0.25) is 54.3 Å². The normalized spacial score (nSPS) is 12.0. The highest BCUT2D eigenvalue weighted by Crippen LogP contribution is 2.32. The van der Waals surface area contributed by atoms with Crippen LogP contribution in [0.1, 0.15) is 5.69 Å². The molecule has 0 bridgehead atoms. The average Bonchev–Trinajstić information content (AvgIpc) is 2.47. The molecule has 0 atom stereocenters. The lowest BCUT2D eigenvalue weighted by atomic mass is 10.3. The maximum absolute atomic E-state index is 6.48. The van der Waals surface area contributed by atoms with E-state index in [1.165, 1.54) is 0 Å². The van der Waals surface area contributed by atoms with Crippen LogP contribution in [0.3, 0.4) is 0 Å². The predicted octanol–water partition coefficient (Wildman–Crippen LogP) is 6.44. The summed E-state index contributed by atoms with van der Waals surface area (Å²) >= 11 is 18.6. The fraction of sp³-hybridized carbons (Fsp3) is 0.412. The Hall–Kier alpha value is -0.996. The molecule has 1 aromatic heterocycles. The van der Waals surface area contributed by atoms with E-state index in [1.54, 1.807) is 18.2 Å². The monoisotopic (exact) mass is 464 g/mol. The second-order valence-corrected chi connectivity index (χ2v) is 17.9. The highest BCUT2D eigenvalue weighted by atomic mass is 35.5. The van der Waals surface area contributed by atoms with Crippen LogP contribution in [-0.2, 0) is 6.61 Å². The molecule has 0 aliphatic rings. The molecule has 0 amide bonds. The highest BCUT2D eigenvalue weighted by molar-refractivity contribution is 6.70. The summed E-state index contributed by atoms with van der Waals surface area (Å²) in [6, 6.07) is 5.25. The minimum absolute atomic E-state index is 0.0901. The van der Waals surface area contributed by atoms with Crippen LogP contribution in [0, 0.1) is 0 Å². The molecule has 2 rings (SSSR count). The summed E-state index contributed by atoms with van der Waals surface area (Å²) in [6.45, 7) is 12.4. The van der Waals surface area contributed by atoms with Gasteiger partial charge in [-0.05, 0) is 57.5 Å². The van der Waals surface area contributed by atoms with Crippen molar-refractivity contribution in [1.29, 1.82) is 0 Å². The summed E-state index contributed by atoms with van der Waals surface area (Å²) in [4.78, 5) is 8.79. The molecule has 27 heavy (non-hydrogen) atoms. The standard InChI is InChI=1S/C17H23Cl3N2O3Si2/c1-26(2,3)24-16-15(20)13(21-17(22-16)25-27(4,5)6)10-23-14-8-7-11(18)9-12(14)19/h7-9H,10H2,1-6H3. The Labute approximate surface area is 177 Å². The number of halogens is 3. The second-order valence-electron chi connectivity index (χ2n) is 7.86. The molecule has 0 saturated heterocycles. The van der Waals surface area contributed by atoms with Gasteiger partial charge in [0, 0.05) is 5.02 Å². The van der Waals surface area contributed by atoms with Crippen molar-refractivity contribution in [3.8, 4) is 17.6 Å². The molecule has 0 saturated carbocycles. The molecule has 2 aromatic rings. The minimum atomic E-state index is -1.93. The van der Waals surface area contributed by atoms with Crippen LogP contribution >= 0.6 is 34.8 Å².